The van der Waals surface area contributed by atoms with Gasteiger partial charge >= 0.3 is 0 Å². The van der Waals surface area contributed by atoms with Gasteiger partial charge in [-0.2, -0.15) is 0 Å². The molecule has 0 aliphatic carbocycles. The minimum absolute atomic E-state index is 0.220. The summed E-state index contributed by atoms with van der Waals surface area (Å²) < 4.78 is 19.7. The Hall–Kier alpha value is -1.58. The van der Waals surface area contributed by atoms with Gasteiger partial charge in [0, 0.05) is 17.0 Å². The molecule has 110 valence electrons. The smallest absolute Gasteiger partial charge is 0.130 e. The molecule has 1 unspecified atom stereocenters. The first-order valence-electron chi connectivity index (χ1n) is 6.80. The van der Waals surface area contributed by atoms with Crippen molar-refractivity contribution in [3.8, 4) is 5.75 Å². The molecule has 0 saturated heterocycles. The minimum atomic E-state index is -1.02. The highest BCUT2D eigenvalue weighted by atomic mass is 35.5. The standard InChI is InChI=1S/C17H16ClFO2/c1-17(2)9-11-7-10(3-6-15(11)21-17)16(20)13-5-4-12(18)8-14(13)19/h3-8,16,20H,9H2,1-2H3. The van der Waals surface area contributed by atoms with Crippen molar-refractivity contribution in [2.75, 3.05) is 0 Å². The van der Waals surface area contributed by atoms with Gasteiger partial charge in [-0.3, -0.25) is 0 Å². The number of fused-ring (bicyclic) bond motifs is 1. The van der Waals surface area contributed by atoms with Gasteiger partial charge in [0.25, 0.3) is 0 Å². The average molecular weight is 307 g/mol. The lowest BCUT2D eigenvalue weighted by Gasteiger charge is -2.16. The van der Waals surface area contributed by atoms with E-state index in [2.05, 4.69) is 0 Å². The molecular formula is C17H16ClFO2. The van der Waals surface area contributed by atoms with E-state index in [-0.39, 0.29) is 11.2 Å². The zero-order valence-electron chi connectivity index (χ0n) is 11.9. The summed E-state index contributed by atoms with van der Waals surface area (Å²) in [6.45, 7) is 4.03. The van der Waals surface area contributed by atoms with E-state index in [4.69, 9.17) is 16.3 Å². The lowest BCUT2D eigenvalue weighted by atomic mass is 9.96. The Morgan fingerprint density at radius 2 is 2.00 bits per heavy atom. The number of hydrogen-bond acceptors (Lipinski definition) is 2. The third-order valence-corrected chi connectivity index (χ3v) is 3.89. The molecule has 0 spiro atoms. The van der Waals surface area contributed by atoms with E-state index in [1.807, 2.05) is 26.0 Å². The molecule has 1 heterocycles. The minimum Gasteiger partial charge on any atom is -0.487 e. The van der Waals surface area contributed by atoms with Crippen LogP contribution >= 0.6 is 11.6 Å². The summed E-state index contributed by atoms with van der Waals surface area (Å²) in [5.41, 5.74) is 1.66. The zero-order chi connectivity index (χ0) is 15.2. The topological polar surface area (TPSA) is 29.5 Å². The van der Waals surface area contributed by atoms with Gasteiger partial charge < -0.3 is 9.84 Å². The molecule has 2 aromatic carbocycles. The van der Waals surface area contributed by atoms with Gasteiger partial charge in [0.1, 0.15) is 23.3 Å². The number of halogens is 2. The van der Waals surface area contributed by atoms with Gasteiger partial charge in [-0.05, 0) is 49.2 Å². The molecule has 21 heavy (non-hydrogen) atoms. The molecule has 0 aromatic heterocycles. The van der Waals surface area contributed by atoms with E-state index in [0.717, 1.165) is 17.7 Å². The van der Waals surface area contributed by atoms with Gasteiger partial charge in [0.05, 0.1) is 0 Å². The molecule has 1 N–H and O–H groups in total. The number of aliphatic hydroxyl groups is 1. The molecule has 2 aromatic rings. The number of aliphatic hydroxyl groups excluding tert-OH is 1. The Kier molecular flexibility index (Phi) is 3.42. The lowest BCUT2D eigenvalue weighted by molar-refractivity contribution is 0.138. The van der Waals surface area contributed by atoms with Crippen LogP contribution in [0.1, 0.15) is 36.6 Å². The van der Waals surface area contributed by atoms with Gasteiger partial charge in [0.2, 0.25) is 0 Å². The Labute approximate surface area is 128 Å². The maximum absolute atomic E-state index is 13.9. The fourth-order valence-electron chi connectivity index (χ4n) is 2.70. The molecule has 0 saturated carbocycles. The Bertz CT molecular complexity index is 697. The molecule has 1 atom stereocenters. The first-order chi connectivity index (χ1) is 9.85. The van der Waals surface area contributed by atoms with Crippen molar-refractivity contribution in [1.29, 1.82) is 0 Å². The maximum atomic E-state index is 13.9. The zero-order valence-corrected chi connectivity index (χ0v) is 12.6. The Morgan fingerprint density at radius 1 is 1.24 bits per heavy atom. The second kappa shape index (κ2) is 5.00. The second-order valence-corrected chi connectivity index (χ2v) is 6.41. The highest BCUT2D eigenvalue weighted by Gasteiger charge is 2.30. The fourth-order valence-corrected chi connectivity index (χ4v) is 2.86. The largest absolute Gasteiger partial charge is 0.487 e. The van der Waals surface area contributed by atoms with Crippen LogP contribution < -0.4 is 4.74 Å². The summed E-state index contributed by atoms with van der Waals surface area (Å²) in [6, 6.07) is 9.76. The fraction of sp³-hybridized carbons (Fsp3) is 0.294. The van der Waals surface area contributed by atoms with Crippen LogP contribution in [0.5, 0.6) is 5.75 Å². The van der Waals surface area contributed by atoms with Gasteiger partial charge in [-0.25, -0.2) is 4.39 Å². The first-order valence-corrected chi connectivity index (χ1v) is 7.18. The predicted molar refractivity (Wildman–Crippen MR) is 80.3 cm³/mol. The molecule has 0 radical (unpaired) electrons. The quantitative estimate of drug-likeness (QED) is 0.897. The lowest BCUT2D eigenvalue weighted by Crippen LogP contribution is -2.24. The van der Waals surface area contributed by atoms with E-state index < -0.39 is 11.9 Å². The Balaban J connectivity index is 1.95. The number of hydrogen-bond donors (Lipinski definition) is 1. The van der Waals surface area contributed by atoms with Crippen molar-refractivity contribution >= 4 is 11.6 Å². The van der Waals surface area contributed by atoms with Crippen molar-refractivity contribution < 1.29 is 14.2 Å². The van der Waals surface area contributed by atoms with E-state index in [1.165, 1.54) is 12.1 Å². The molecular weight excluding hydrogens is 291 g/mol. The van der Waals surface area contributed by atoms with Crippen LogP contribution in [-0.2, 0) is 6.42 Å². The summed E-state index contributed by atoms with van der Waals surface area (Å²) in [6.07, 6.45) is -0.247. The van der Waals surface area contributed by atoms with Crippen LogP contribution in [0.15, 0.2) is 36.4 Å². The number of ether oxygens (including phenoxy) is 1. The predicted octanol–water partition coefficient (Wildman–Crippen LogP) is 4.27. The third kappa shape index (κ3) is 2.76. The third-order valence-electron chi connectivity index (χ3n) is 3.66. The van der Waals surface area contributed by atoms with Crippen molar-refractivity contribution in [2.24, 2.45) is 0 Å². The maximum Gasteiger partial charge on any atom is 0.130 e. The molecule has 1 aliphatic heterocycles. The monoisotopic (exact) mass is 306 g/mol. The molecule has 0 amide bonds. The van der Waals surface area contributed by atoms with Crippen LogP contribution in [0.4, 0.5) is 4.39 Å². The van der Waals surface area contributed by atoms with E-state index in [0.29, 0.717) is 10.6 Å². The summed E-state index contributed by atoms with van der Waals surface area (Å²) in [4.78, 5) is 0. The van der Waals surface area contributed by atoms with E-state index in [1.54, 1.807) is 12.1 Å². The van der Waals surface area contributed by atoms with Gasteiger partial charge in [0.15, 0.2) is 0 Å². The highest BCUT2D eigenvalue weighted by Crippen LogP contribution is 2.37. The van der Waals surface area contributed by atoms with Crippen LogP contribution in [0.3, 0.4) is 0 Å². The molecule has 1 aliphatic rings. The van der Waals surface area contributed by atoms with Crippen LogP contribution in [0.25, 0.3) is 0 Å². The van der Waals surface area contributed by atoms with Gasteiger partial charge in [-0.15, -0.1) is 0 Å². The van der Waals surface area contributed by atoms with Crippen molar-refractivity contribution in [3.05, 3.63) is 63.9 Å². The SMILES string of the molecule is CC1(C)Cc2cc(C(O)c3ccc(Cl)cc3F)ccc2O1. The summed E-state index contributed by atoms with van der Waals surface area (Å²) in [5, 5.41) is 10.7. The van der Waals surface area contributed by atoms with Crippen molar-refractivity contribution in [3.63, 3.8) is 0 Å². The average Bonchev–Trinajstić information content (AvgIpc) is 2.70. The van der Waals surface area contributed by atoms with Crippen molar-refractivity contribution in [1.82, 2.24) is 0 Å². The van der Waals surface area contributed by atoms with E-state index in [9.17, 15) is 9.50 Å². The number of rotatable bonds is 2. The van der Waals surface area contributed by atoms with Gasteiger partial charge in [-0.1, -0.05) is 23.7 Å². The molecule has 3 rings (SSSR count). The highest BCUT2D eigenvalue weighted by molar-refractivity contribution is 6.30. The Morgan fingerprint density at radius 3 is 2.71 bits per heavy atom. The summed E-state index contributed by atoms with van der Waals surface area (Å²) in [5.74, 6) is 0.319. The van der Waals surface area contributed by atoms with Crippen LogP contribution in [-0.4, -0.2) is 10.7 Å². The number of benzene rings is 2. The summed E-state index contributed by atoms with van der Waals surface area (Å²) >= 11 is 5.74. The first kappa shape index (κ1) is 14.4. The summed E-state index contributed by atoms with van der Waals surface area (Å²) in [7, 11) is 0. The second-order valence-electron chi connectivity index (χ2n) is 5.97. The van der Waals surface area contributed by atoms with Crippen LogP contribution in [0, 0.1) is 5.82 Å². The van der Waals surface area contributed by atoms with Crippen LogP contribution in [0.2, 0.25) is 5.02 Å². The molecule has 2 nitrogen and oxygen atoms in total. The van der Waals surface area contributed by atoms with Crippen molar-refractivity contribution in [2.45, 2.75) is 32.0 Å². The molecule has 4 heteroatoms. The van der Waals surface area contributed by atoms with E-state index >= 15 is 0 Å². The molecule has 0 fully saturated rings. The molecule has 0 bridgehead atoms. The normalized spacial score (nSPS) is 17.2.